The molecule has 1 fully saturated rings. The van der Waals surface area contributed by atoms with E-state index >= 15 is 0 Å². The molecule has 0 unspecified atom stereocenters. The summed E-state index contributed by atoms with van der Waals surface area (Å²) in [6.07, 6.45) is 2.30. The van der Waals surface area contributed by atoms with Gasteiger partial charge < -0.3 is 15.3 Å². The SMILES string of the molecule is CCC1(O)CN(C(=O)Nc2cnn(-c3ccc(Cl)cc3)c2C(C)C)C1. The molecule has 0 radical (unpaired) electrons. The molecule has 2 aromatic rings. The molecule has 134 valence electrons. The fourth-order valence-corrected chi connectivity index (χ4v) is 3.15. The van der Waals surface area contributed by atoms with Crippen molar-refractivity contribution < 1.29 is 9.90 Å². The van der Waals surface area contributed by atoms with E-state index in [0.29, 0.717) is 30.2 Å². The molecule has 25 heavy (non-hydrogen) atoms. The van der Waals surface area contributed by atoms with E-state index < -0.39 is 5.60 Å². The topological polar surface area (TPSA) is 70.4 Å². The van der Waals surface area contributed by atoms with Gasteiger partial charge in [0.1, 0.15) is 0 Å². The number of rotatable bonds is 4. The Balaban J connectivity index is 1.81. The third-order valence-electron chi connectivity index (χ3n) is 4.58. The molecular formula is C18H23ClN4O2. The molecule has 6 nitrogen and oxygen atoms in total. The van der Waals surface area contributed by atoms with Crippen molar-refractivity contribution in [3.8, 4) is 5.69 Å². The van der Waals surface area contributed by atoms with Gasteiger partial charge in [0.05, 0.1) is 42.0 Å². The monoisotopic (exact) mass is 362 g/mol. The second-order valence-electron chi connectivity index (χ2n) is 6.85. The van der Waals surface area contributed by atoms with Gasteiger partial charge in [-0.05, 0) is 36.6 Å². The largest absolute Gasteiger partial charge is 0.386 e. The number of amides is 2. The summed E-state index contributed by atoms with van der Waals surface area (Å²) >= 11 is 5.96. The number of nitrogens with one attached hydrogen (secondary N) is 1. The number of benzene rings is 1. The lowest BCUT2D eigenvalue weighted by Crippen LogP contribution is -2.64. The highest BCUT2D eigenvalue weighted by Gasteiger charge is 2.42. The van der Waals surface area contributed by atoms with E-state index in [1.807, 2.05) is 35.9 Å². The Morgan fingerprint density at radius 2 is 2.00 bits per heavy atom. The first kappa shape index (κ1) is 17.8. The van der Waals surface area contributed by atoms with E-state index in [-0.39, 0.29) is 11.9 Å². The van der Waals surface area contributed by atoms with E-state index in [1.54, 1.807) is 11.1 Å². The molecule has 0 saturated carbocycles. The van der Waals surface area contributed by atoms with Crippen molar-refractivity contribution in [1.82, 2.24) is 14.7 Å². The molecule has 1 aliphatic heterocycles. The second-order valence-corrected chi connectivity index (χ2v) is 7.29. The maximum absolute atomic E-state index is 12.4. The van der Waals surface area contributed by atoms with Crippen LogP contribution in [0.1, 0.15) is 38.8 Å². The van der Waals surface area contributed by atoms with Gasteiger partial charge in [-0.1, -0.05) is 32.4 Å². The lowest BCUT2D eigenvalue weighted by atomic mass is 9.92. The average molecular weight is 363 g/mol. The first-order chi connectivity index (χ1) is 11.8. The molecule has 0 spiro atoms. The van der Waals surface area contributed by atoms with Crippen molar-refractivity contribution in [3.05, 3.63) is 41.2 Å². The summed E-state index contributed by atoms with van der Waals surface area (Å²) in [5.41, 5.74) is 1.74. The summed E-state index contributed by atoms with van der Waals surface area (Å²) in [5.74, 6) is 0.164. The fourth-order valence-electron chi connectivity index (χ4n) is 3.02. The van der Waals surface area contributed by atoms with Crippen LogP contribution in [0.15, 0.2) is 30.5 Å². The summed E-state index contributed by atoms with van der Waals surface area (Å²) in [6, 6.07) is 7.20. The van der Waals surface area contributed by atoms with Crippen LogP contribution in [0.5, 0.6) is 0 Å². The number of hydrogen-bond donors (Lipinski definition) is 2. The highest BCUT2D eigenvalue weighted by Crippen LogP contribution is 2.29. The molecular weight excluding hydrogens is 340 g/mol. The zero-order chi connectivity index (χ0) is 18.2. The summed E-state index contributed by atoms with van der Waals surface area (Å²) in [7, 11) is 0. The van der Waals surface area contributed by atoms with Crippen LogP contribution < -0.4 is 5.32 Å². The van der Waals surface area contributed by atoms with Crippen LogP contribution >= 0.6 is 11.6 Å². The first-order valence-electron chi connectivity index (χ1n) is 8.45. The predicted octanol–water partition coefficient (Wildman–Crippen LogP) is 3.64. The Hall–Kier alpha value is -2.05. The van der Waals surface area contributed by atoms with Crippen molar-refractivity contribution in [2.75, 3.05) is 18.4 Å². The Labute approximate surface area is 152 Å². The number of halogens is 1. The third kappa shape index (κ3) is 3.50. The molecule has 0 atom stereocenters. The lowest BCUT2D eigenvalue weighted by Gasteiger charge is -2.45. The van der Waals surface area contributed by atoms with Gasteiger partial charge in [0.15, 0.2) is 0 Å². The first-order valence-corrected chi connectivity index (χ1v) is 8.83. The molecule has 3 rings (SSSR count). The standard InChI is InChI=1S/C18H23ClN4O2/c1-4-18(25)10-22(11-18)17(24)21-15-9-20-23(16(15)12(2)3)14-7-5-13(19)6-8-14/h5-9,12,25H,4,10-11H2,1-3H3,(H,21,24). The highest BCUT2D eigenvalue weighted by atomic mass is 35.5. The maximum Gasteiger partial charge on any atom is 0.322 e. The van der Waals surface area contributed by atoms with E-state index in [1.165, 1.54) is 0 Å². The van der Waals surface area contributed by atoms with Crippen molar-refractivity contribution in [2.45, 2.75) is 38.7 Å². The number of aromatic nitrogens is 2. The number of likely N-dealkylation sites (tertiary alicyclic amines) is 1. The number of β-amino-alcohol motifs (C(OH)–C–C–N with tert-alkyl or cyclic N) is 1. The molecule has 1 aromatic carbocycles. The zero-order valence-corrected chi connectivity index (χ0v) is 15.4. The number of urea groups is 1. The Bertz CT molecular complexity index is 764. The van der Waals surface area contributed by atoms with Gasteiger partial charge in [-0.15, -0.1) is 0 Å². The van der Waals surface area contributed by atoms with Crippen LogP contribution in [0.4, 0.5) is 10.5 Å². The van der Waals surface area contributed by atoms with E-state index in [2.05, 4.69) is 24.3 Å². The van der Waals surface area contributed by atoms with Crippen LogP contribution in [-0.2, 0) is 0 Å². The summed E-state index contributed by atoms with van der Waals surface area (Å²) in [6.45, 7) is 6.74. The van der Waals surface area contributed by atoms with E-state index in [4.69, 9.17) is 11.6 Å². The van der Waals surface area contributed by atoms with Crippen LogP contribution in [-0.4, -0.2) is 44.5 Å². The molecule has 7 heteroatoms. The molecule has 1 saturated heterocycles. The van der Waals surface area contributed by atoms with Crippen molar-refractivity contribution in [3.63, 3.8) is 0 Å². The van der Waals surface area contributed by atoms with Gasteiger partial charge in [-0.2, -0.15) is 5.10 Å². The summed E-state index contributed by atoms with van der Waals surface area (Å²) < 4.78 is 1.81. The van der Waals surface area contributed by atoms with Crippen molar-refractivity contribution in [1.29, 1.82) is 0 Å². The second kappa shape index (κ2) is 6.69. The van der Waals surface area contributed by atoms with Crippen LogP contribution in [0.25, 0.3) is 5.69 Å². The van der Waals surface area contributed by atoms with Gasteiger partial charge in [0, 0.05) is 5.02 Å². The van der Waals surface area contributed by atoms with Crippen LogP contribution in [0.2, 0.25) is 5.02 Å². The van der Waals surface area contributed by atoms with Crippen molar-refractivity contribution >= 4 is 23.3 Å². The number of aliphatic hydroxyl groups is 1. The molecule has 0 bridgehead atoms. The minimum atomic E-state index is -0.744. The minimum absolute atomic E-state index is 0.164. The number of carbonyl (C=O) groups is 1. The number of carbonyl (C=O) groups excluding carboxylic acids is 1. The number of anilines is 1. The van der Waals surface area contributed by atoms with Gasteiger partial charge in [0.25, 0.3) is 0 Å². The number of nitrogens with zero attached hydrogens (tertiary/aromatic N) is 3. The summed E-state index contributed by atoms with van der Waals surface area (Å²) in [5, 5.41) is 18.1. The quantitative estimate of drug-likeness (QED) is 0.872. The normalized spacial score (nSPS) is 16.0. The predicted molar refractivity (Wildman–Crippen MR) is 98.5 cm³/mol. The Kier molecular flexibility index (Phi) is 4.75. The average Bonchev–Trinajstić information content (AvgIpc) is 2.96. The van der Waals surface area contributed by atoms with Gasteiger partial charge >= 0.3 is 6.03 Å². The van der Waals surface area contributed by atoms with E-state index in [0.717, 1.165) is 11.4 Å². The Morgan fingerprint density at radius 1 is 1.36 bits per heavy atom. The molecule has 0 aliphatic carbocycles. The summed E-state index contributed by atoms with van der Waals surface area (Å²) in [4.78, 5) is 14.0. The molecule has 1 aliphatic rings. The lowest BCUT2D eigenvalue weighted by molar-refractivity contribution is -0.0755. The molecule has 2 N–H and O–H groups in total. The van der Waals surface area contributed by atoms with Gasteiger partial charge in [-0.3, -0.25) is 0 Å². The molecule has 2 heterocycles. The van der Waals surface area contributed by atoms with Crippen LogP contribution in [0, 0.1) is 0 Å². The minimum Gasteiger partial charge on any atom is -0.386 e. The third-order valence-corrected chi connectivity index (χ3v) is 4.83. The highest BCUT2D eigenvalue weighted by molar-refractivity contribution is 6.30. The molecule has 1 aromatic heterocycles. The van der Waals surface area contributed by atoms with Gasteiger partial charge in [0.2, 0.25) is 0 Å². The van der Waals surface area contributed by atoms with Gasteiger partial charge in [-0.25, -0.2) is 9.48 Å². The van der Waals surface area contributed by atoms with Crippen LogP contribution in [0.3, 0.4) is 0 Å². The Morgan fingerprint density at radius 3 is 2.56 bits per heavy atom. The molecule has 2 amide bonds. The van der Waals surface area contributed by atoms with Crippen molar-refractivity contribution in [2.24, 2.45) is 0 Å². The maximum atomic E-state index is 12.4. The smallest absolute Gasteiger partial charge is 0.322 e. The number of hydrogen-bond acceptors (Lipinski definition) is 3. The fraction of sp³-hybridized carbons (Fsp3) is 0.444. The van der Waals surface area contributed by atoms with E-state index in [9.17, 15) is 9.90 Å². The zero-order valence-electron chi connectivity index (χ0n) is 14.7.